The Kier molecular flexibility index (Phi) is 16.9. The Hall–Kier alpha value is -1.50. The highest BCUT2D eigenvalue weighted by molar-refractivity contribution is 5.87. The molecule has 1 amide bonds. The predicted molar refractivity (Wildman–Crippen MR) is 114 cm³/mol. The van der Waals surface area contributed by atoms with Gasteiger partial charge in [-0.05, 0) is 38.9 Å². The van der Waals surface area contributed by atoms with Crippen LogP contribution in [0.15, 0.2) is 24.3 Å². The fraction of sp³-hybridized carbons (Fsp3) is 0.714. The summed E-state index contributed by atoms with van der Waals surface area (Å²) >= 11 is 0. The van der Waals surface area contributed by atoms with Gasteiger partial charge in [-0.1, -0.05) is 32.4 Å². The Balaban J connectivity index is 0. The maximum atomic E-state index is 10.8. The van der Waals surface area contributed by atoms with Crippen LogP contribution in [0.1, 0.15) is 41.5 Å². The molecule has 1 N–H and O–H groups in total. The van der Waals surface area contributed by atoms with Crippen LogP contribution in [0.4, 0.5) is 0 Å². The summed E-state index contributed by atoms with van der Waals surface area (Å²) in [4.78, 5) is 26.0. The molecule has 2 heterocycles. The molecule has 6 heteroatoms. The molecule has 27 heavy (non-hydrogen) atoms. The first-order valence-electron chi connectivity index (χ1n) is 10.2. The molecule has 2 aliphatic heterocycles. The van der Waals surface area contributed by atoms with Gasteiger partial charge in [-0.2, -0.15) is 0 Å². The molecule has 158 valence electrons. The van der Waals surface area contributed by atoms with Gasteiger partial charge >= 0.3 is 0 Å². The molecular weight excluding hydrogens is 342 g/mol. The van der Waals surface area contributed by atoms with Crippen LogP contribution in [0.25, 0.3) is 0 Å². The van der Waals surface area contributed by atoms with Crippen molar-refractivity contribution in [1.29, 1.82) is 0 Å². The zero-order valence-corrected chi connectivity index (χ0v) is 17.7. The average Bonchev–Trinajstić information content (AvgIpc) is 2.71. The number of ether oxygens (including phenoxy) is 1. The fourth-order valence-corrected chi connectivity index (χ4v) is 2.69. The van der Waals surface area contributed by atoms with Crippen LogP contribution in [-0.4, -0.2) is 81.0 Å². The lowest BCUT2D eigenvalue weighted by atomic mass is 10.1. The van der Waals surface area contributed by atoms with E-state index in [-0.39, 0.29) is 13.1 Å². The molecule has 0 bridgehead atoms. The van der Waals surface area contributed by atoms with Crippen LogP contribution in [0, 0.1) is 0 Å². The van der Waals surface area contributed by atoms with E-state index in [0.717, 1.165) is 39.4 Å². The molecule has 0 aromatic rings. The zero-order chi connectivity index (χ0) is 20.3. The number of nitrogens with one attached hydrogen (secondary N) is 1. The van der Waals surface area contributed by atoms with Crippen LogP contribution in [0.5, 0.6) is 0 Å². The van der Waals surface area contributed by atoms with E-state index in [9.17, 15) is 9.59 Å². The van der Waals surface area contributed by atoms with Crippen molar-refractivity contribution in [2.75, 3.05) is 59.5 Å². The molecule has 0 aliphatic carbocycles. The molecule has 0 aromatic carbocycles. The number of piperidine rings is 1. The van der Waals surface area contributed by atoms with E-state index in [2.05, 4.69) is 15.1 Å². The lowest BCUT2D eigenvalue weighted by Gasteiger charge is -2.24. The molecule has 0 aromatic heterocycles. The number of nitrogens with zero attached hydrogens (tertiary/aromatic N) is 2. The average molecular weight is 384 g/mol. The fourth-order valence-electron chi connectivity index (χ4n) is 2.69. The Bertz CT molecular complexity index is 444. The van der Waals surface area contributed by atoms with Crippen molar-refractivity contribution in [3.8, 4) is 0 Å². The van der Waals surface area contributed by atoms with Gasteiger partial charge in [-0.3, -0.25) is 19.4 Å². The molecule has 0 atom stereocenters. The minimum absolute atomic E-state index is 0. The van der Waals surface area contributed by atoms with Gasteiger partial charge in [0.2, 0.25) is 5.91 Å². The van der Waals surface area contributed by atoms with Crippen LogP contribution < -0.4 is 5.32 Å². The van der Waals surface area contributed by atoms with Crippen molar-refractivity contribution >= 4 is 11.7 Å². The lowest BCUT2D eigenvalue weighted by molar-refractivity contribution is -0.116. The first kappa shape index (κ1) is 25.5. The van der Waals surface area contributed by atoms with Crippen LogP contribution >= 0.6 is 0 Å². The highest BCUT2D eigenvalue weighted by Gasteiger charge is 2.08. The van der Waals surface area contributed by atoms with E-state index in [1.54, 1.807) is 26.1 Å². The van der Waals surface area contributed by atoms with E-state index in [4.69, 9.17) is 4.74 Å². The summed E-state index contributed by atoms with van der Waals surface area (Å²) in [7, 11) is 1.63. The standard InChI is InChI=1S/C10H17NO.C9H16N2O2.C2H6.H2/c1-10(12)6-5-9-11-7-3-2-4-8-11;1-10-9(12)3-2-4-11-5-7-13-8-6-11;1-2;/h5-6H,2-4,7-9H2,1H3;2-3H,4-8H2,1H3,(H,10,12);1-2H3;1H/b6-5+;3-2+;;. The minimum atomic E-state index is -0.0479. The third-order valence-corrected chi connectivity index (χ3v) is 4.15. The molecule has 0 spiro atoms. The van der Waals surface area contributed by atoms with Gasteiger partial charge in [0.25, 0.3) is 0 Å². The second-order valence-corrected chi connectivity index (χ2v) is 6.30. The summed E-state index contributed by atoms with van der Waals surface area (Å²) in [6.07, 6.45) is 11.1. The van der Waals surface area contributed by atoms with Gasteiger partial charge in [-0.25, -0.2) is 0 Å². The number of rotatable bonds is 6. The molecule has 6 nitrogen and oxygen atoms in total. The second-order valence-electron chi connectivity index (χ2n) is 6.30. The van der Waals surface area contributed by atoms with Crippen LogP contribution in [0.2, 0.25) is 0 Å². The molecule has 2 saturated heterocycles. The number of carbonyl (C=O) groups is 2. The van der Waals surface area contributed by atoms with E-state index < -0.39 is 0 Å². The van der Waals surface area contributed by atoms with Crippen molar-refractivity contribution in [2.45, 2.75) is 40.0 Å². The van der Waals surface area contributed by atoms with Gasteiger partial charge in [0.15, 0.2) is 5.78 Å². The molecule has 2 fully saturated rings. The van der Waals surface area contributed by atoms with E-state index >= 15 is 0 Å². The maximum absolute atomic E-state index is 10.8. The molecular formula is C21H41N3O3. The van der Waals surface area contributed by atoms with Gasteiger partial charge in [0.05, 0.1) is 13.2 Å². The monoisotopic (exact) mass is 383 g/mol. The number of allylic oxidation sites excluding steroid dienone is 1. The molecule has 2 rings (SSSR count). The van der Waals surface area contributed by atoms with Crippen LogP contribution in [0.3, 0.4) is 0 Å². The van der Waals surface area contributed by atoms with Crippen molar-refractivity contribution in [3.05, 3.63) is 24.3 Å². The summed E-state index contributed by atoms with van der Waals surface area (Å²) in [5.74, 6) is 0.0975. The number of likely N-dealkylation sites (N-methyl/N-ethyl adjacent to an activating group) is 1. The SMILES string of the molecule is CC.CC(=O)/C=C/CN1CCCCC1.CNC(=O)/C=C/CN1CCOCC1.[HH]. The minimum Gasteiger partial charge on any atom is -0.379 e. The summed E-state index contributed by atoms with van der Waals surface area (Å²) < 4.78 is 5.20. The topological polar surface area (TPSA) is 61.9 Å². The van der Waals surface area contributed by atoms with Gasteiger partial charge < -0.3 is 10.1 Å². The molecule has 2 aliphatic rings. The normalized spacial score (nSPS) is 18.4. The number of amides is 1. The zero-order valence-electron chi connectivity index (χ0n) is 17.7. The second kappa shape index (κ2) is 17.9. The Morgan fingerprint density at radius 1 is 0.926 bits per heavy atom. The molecule has 0 unspecified atom stereocenters. The predicted octanol–water partition coefficient (Wildman–Crippen LogP) is 2.51. The van der Waals surface area contributed by atoms with Gasteiger partial charge in [0, 0.05) is 40.7 Å². The van der Waals surface area contributed by atoms with Crippen molar-refractivity contribution in [1.82, 2.24) is 15.1 Å². The number of morpholine rings is 1. The summed E-state index contributed by atoms with van der Waals surface area (Å²) in [6.45, 7) is 13.3. The lowest BCUT2D eigenvalue weighted by Crippen LogP contribution is -2.36. The largest absolute Gasteiger partial charge is 0.379 e. The molecule has 0 radical (unpaired) electrons. The van der Waals surface area contributed by atoms with Crippen molar-refractivity contribution < 1.29 is 15.8 Å². The van der Waals surface area contributed by atoms with E-state index in [1.165, 1.54) is 32.4 Å². The first-order chi connectivity index (χ1) is 13.1. The third-order valence-electron chi connectivity index (χ3n) is 4.15. The Morgan fingerprint density at radius 3 is 1.96 bits per heavy atom. The van der Waals surface area contributed by atoms with Gasteiger partial charge in [-0.15, -0.1) is 0 Å². The first-order valence-corrected chi connectivity index (χ1v) is 10.2. The van der Waals surface area contributed by atoms with Crippen molar-refractivity contribution in [2.24, 2.45) is 0 Å². The molecule has 0 saturated carbocycles. The van der Waals surface area contributed by atoms with Crippen molar-refractivity contribution in [3.63, 3.8) is 0 Å². The summed E-state index contributed by atoms with van der Waals surface area (Å²) in [5, 5.41) is 2.53. The summed E-state index contributed by atoms with van der Waals surface area (Å²) in [6, 6.07) is 0. The Labute approximate surface area is 167 Å². The van der Waals surface area contributed by atoms with E-state index in [1.807, 2.05) is 26.0 Å². The number of hydrogen-bond acceptors (Lipinski definition) is 5. The van der Waals surface area contributed by atoms with Gasteiger partial charge in [0.1, 0.15) is 0 Å². The highest BCUT2D eigenvalue weighted by atomic mass is 16.5. The number of carbonyl (C=O) groups excluding carboxylic acids is 2. The number of likely N-dealkylation sites (tertiary alicyclic amines) is 1. The highest BCUT2D eigenvalue weighted by Crippen LogP contribution is 2.07. The quantitative estimate of drug-likeness (QED) is 0.714. The number of ketones is 1. The van der Waals surface area contributed by atoms with E-state index in [0.29, 0.717) is 0 Å². The third kappa shape index (κ3) is 15.3. The summed E-state index contributed by atoms with van der Waals surface area (Å²) in [5.41, 5.74) is 0. The van der Waals surface area contributed by atoms with Crippen LogP contribution in [-0.2, 0) is 14.3 Å². The Morgan fingerprint density at radius 2 is 1.44 bits per heavy atom. The maximum Gasteiger partial charge on any atom is 0.243 e. The smallest absolute Gasteiger partial charge is 0.243 e. The number of hydrogen-bond donors (Lipinski definition) is 1.